The number of halogens is 1. The Bertz CT molecular complexity index is 737. The highest BCUT2D eigenvalue weighted by Crippen LogP contribution is 2.02. The molecule has 206 valence electrons. The van der Waals surface area contributed by atoms with Crippen LogP contribution >= 0.6 is 15.9 Å². The Morgan fingerprint density at radius 3 is 1.97 bits per heavy atom. The molecular weight excluding hydrogens is 548 g/mol. The highest BCUT2D eigenvalue weighted by molar-refractivity contribution is 9.09. The first-order chi connectivity index (χ1) is 17.1. The van der Waals surface area contributed by atoms with Crippen molar-refractivity contribution in [2.45, 2.75) is 51.1 Å². The maximum absolute atomic E-state index is 11.9. The van der Waals surface area contributed by atoms with Crippen molar-refractivity contribution < 1.29 is 48.5 Å². The Hall–Kier alpha value is -2.78. The molecule has 0 fully saturated rings. The average Bonchev–Trinajstić information content (AvgIpc) is 2.81. The number of hydrogen-bond acceptors (Lipinski definition) is 8. The van der Waals surface area contributed by atoms with E-state index < -0.39 is 35.8 Å². The molecule has 0 aliphatic heterocycles. The van der Waals surface area contributed by atoms with Crippen LogP contribution in [0.25, 0.3) is 0 Å². The standard InChI is InChI=1S/C21H35BrN4O10/c1-14(27)25-16(21(33)34)5-6-17(28)24-8-9-35-10-11-36-13-19(30)26-15(20(31)32)4-2-3-7-23-18(29)12-22/h15-16H,2-13H2,1H3,(H,23,29)(H,24,28)(H,25,27)(H,26,30)(H,31,32)(H,33,34). The van der Waals surface area contributed by atoms with Gasteiger partial charge in [-0.2, -0.15) is 0 Å². The van der Waals surface area contributed by atoms with Crippen LogP contribution in [0.3, 0.4) is 0 Å². The summed E-state index contributed by atoms with van der Waals surface area (Å²) in [4.78, 5) is 68.0. The summed E-state index contributed by atoms with van der Waals surface area (Å²) in [6.07, 6.45) is 1.16. The van der Waals surface area contributed by atoms with Crippen LogP contribution in [0.2, 0.25) is 0 Å². The molecule has 14 nitrogen and oxygen atoms in total. The number of ether oxygens (including phenoxy) is 2. The third-order valence-electron chi connectivity index (χ3n) is 4.51. The molecule has 0 saturated carbocycles. The number of unbranched alkanes of at least 4 members (excludes halogenated alkanes) is 1. The van der Waals surface area contributed by atoms with Gasteiger partial charge in [0.2, 0.25) is 23.6 Å². The molecular formula is C21H35BrN4O10. The fraction of sp³-hybridized carbons (Fsp3) is 0.714. The molecule has 0 saturated heterocycles. The molecule has 0 radical (unpaired) electrons. The molecule has 0 aromatic carbocycles. The zero-order chi connectivity index (χ0) is 27.3. The Morgan fingerprint density at radius 1 is 0.750 bits per heavy atom. The van der Waals surface area contributed by atoms with Crippen molar-refractivity contribution in [2.75, 3.05) is 44.8 Å². The van der Waals surface area contributed by atoms with E-state index in [1.165, 1.54) is 6.92 Å². The summed E-state index contributed by atoms with van der Waals surface area (Å²) >= 11 is 3.02. The SMILES string of the molecule is CC(=O)NC(CCC(=O)NCCOCCOCC(=O)NC(CCCCNC(=O)CBr)C(=O)O)C(=O)O. The highest BCUT2D eigenvalue weighted by atomic mass is 79.9. The van der Waals surface area contributed by atoms with Gasteiger partial charge in [-0.15, -0.1) is 0 Å². The maximum Gasteiger partial charge on any atom is 0.326 e. The number of carboxylic acids is 2. The van der Waals surface area contributed by atoms with E-state index in [-0.39, 0.29) is 69.4 Å². The second-order valence-corrected chi connectivity index (χ2v) is 8.14. The summed E-state index contributed by atoms with van der Waals surface area (Å²) < 4.78 is 10.4. The zero-order valence-corrected chi connectivity index (χ0v) is 21.8. The van der Waals surface area contributed by atoms with Crippen LogP contribution in [0.1, 0.15) is 39.0 Å². The molecule has 2 atom stereocenters. The predicted molar refractivity (Wildman–Crippen MR) is 129 cm³/mol. The van der Waals surface area contributed by atoms with Gasteiger partial charge >= 0.3 is 11.9 Å². The lowest BCUT2D eigenvalue weighted by atomic mass is 10.1. The van der Waals surface area contributed by atoms with E-state index in [1.54, 1.807) is 0 Å². The van der Waals surface area contributed by atoms with Crippen LogP contribution in [0.4, 0.5) is 0 Å². The number of nitrogens with one attached hydrogen (secondary N) is 4. The van der Waals surface area contributed by atoms with Crippen molar-refractivity contribution in [1.82, 2.24) is 21.3 Å². The Labute approximate surface area is 217 Å². The van der Waals surface area contributed by atoms with Crippen molar-refractivity contribution in [2.24, 2.45) is 0 Å². The molecule has 15 heteroatoms. The Kier molecular flexibility index (Phi) is 18.8. The first kappa shape index (κ1) is 33.2. The van der Waals surface area contributed by atoms with Crippen LogP contribution in [0.15, 0.2) is 0 Å². The van der Waals surface area contributed by atoms with Gasteiger partial charge in [0.1, 0.15) is 18.7 Å². The second kappa shape index (κ2) is 20.4. The van der Waals surface area contributed by atoms with E-state index in [0.29, 0.717) is 19.4 Å². The third-order valence-corrected chi connectivity index (χ3v) is 5.02. The van der Waals surface area contributed by atoms with Gasteiger partial charge < -0.3 is 41.0 Å². The van der Waals surface area contributed by atoms with Crippen LogP contribution in [-0.4, -0.2) is 103 Å². The second-order valence-electron chi connectivity index (χ2n) is 7.58. The molecule has 0 aliphatic carbocycles. The van der Waals surface area contributed by atoms with E-state index in [4.69, 9.17) is 14.6 Å². The number of alkyl halides is 1. The summed E-state index contributed by atoms with van der Waals surface area (Å²) in [5.41, 5.74) is 0. The molecule has 0 spiro atoms. The van der Waals surface area contributed by atoms with Crippen LogP contribution in [-0.2, 0) is 38.2 Å². The van der Waals surface area contributed by atoms with Gasteiger partial charge in [-0.25, -0.2) is 9.59 Å². The van der Waals surface area contributed by atoms with Gasteiger partial charge in [0.25, 0.3) is 0 Å². The lowest BCUT2D eigenvalue weighted by molar-refractivity contribution is -0.143. The molecule has 0 aliphatic rings. The Balaban J connectivity index is 3.87. The largest absolute Gasteiger partial charge is 0.480 e. The highest BCUT2D eigenvalue weighted by Gasteiger charge is 2.20. The van der Waals surface area contributed by atoms with Crippen molar-refractivity contribution in [3.8, 4) is 0 Å². The summed E-state index contributed by atoms with van der Waals surface area (Å²) in [6.45, 7) is 1.81. The summed E-state index contributed by atoms with van der Waals surface area (Å²) in [7, 11) is 0. The lowest BCUT2D eigenvalue weighted by Crippen LogP contribution is -2.42. The number of carbonyl (C=O) groups is 6. The number of amides is 4. The summed E-state index contributed by atoms with van der Waals surface area (Å²) in [6, 6.07) is -2.19. The van der Waals surface area contributed by atoms with E-state index >= 15 is 0 Å². The molecule has 0 aromatic rings. The van der Waals surface area contributed by atoms with Crippen molar-refractivity contribution in [1.29, 1.82) is 0 Å². The normalized spacial score (nSPS) is 12.2. The number of rotatable bonds is 21. The lowest BCUT2D eigenvalue weighted by Gasteiger charge is -2.15. The molecule has 0 bridgehead atoms. The van der Waals surface area contributed by atoms with Gasteiger partial charge in [-0.05, 0) is 25.7 Å². The van der Waals surface area contributed by atoms with Crippen LogP contribution < -0.4 is 21.3 Å². The average molecular weight is 583 g/mol. The van der Waals surface area contributed by atoms with Gasteiger partial charge in [-0.1, -0.05) is 15.9 Å². The first-order valence-corrected chi connectivity index (χ1v) is 12.5. The summed E-state index contributed by atoms with van der Waals surface area (Å²) in [5, 5.41) is 28.2. The maximum atomic E-state index is 11.9. The minimum Gasteiger partial charge on any atom is -0.480 e. The van der Waals surface area contributed by atoms with Gasteiger partial charge in [0.15, 0.2) is 0 Å². The van der Waals surface area contributed by atoms with E-state index in [1.807, 2.05) is 0 Å². The van der Waals surface area contributed by atoms with E-state index in [2.05, 4.69) is 37.2 Å². The number of hydrogen-bond donors (Lipinski definition) is 6. The molecule has 6 N–H and O–H groups in total. The van der Waals surface area contributed by atoms with E-state index in [9.17, 15) is 33.9 Å². The van der Waals surface area contributed by atoms with Crippen LogP contribution in [0.5, 0.6) is 0 Å². The molecule has 2 unspecified atom stereocenters. The number of aliphatic carboxylic acids is 2. The third kappa shape index (κ3) is 18.5. The van der Waals surface area contributed by atoms with Crippen molar-refractivity contribution in [3.05, 3.63) is 0 Å². The minimum absolute atomic E-state index is 0.0458. The molecule has 0 heterocycles. The first-order valence-electron chi connectivity index (χ1n) is 11.3. The predicted octanol–water partition coefficient (Wildman–Crippen LogP) is -1.24. The smallest absolute Gasteiger partial charge is 0.326 e. The molecule has 4 amide bonds. The molecule has 36 heavy (non-hydrogen) atoms. The quantitative estimate of drug-likeness (QED) is 0.0699. The molecule has 0 rings (SSSR count). The molecule has 0 aromatic heterocycles. The minimum atomic E-state index is -1.22. The van der Waals surface area contributed by atoms with Gasteiger partial charge in [0, 0.05) is 26.4 Å². The monoisotopic (exact) mass is 582 g/mol. The number of carboxylic acid groups (broad SMARTS) is 2. The van der Waals surface area contributed by atoms with Crippen molar-refractivity contribution >= 4 is 51.5 Å². The fourth-order valence-electron chi connectivity index (χ4n) is 2.76. The Morgan fingerprint density at radius 2 is 1.36 bits per heavy atom. The zero-order valence-electron chi connectivity index (χ0n) is 20.2. The number of carbonyl (C=O) groups excluding carboxylic acids is 4. The van der Waals surface area contributed by atoms with Gasteiger partial charge in [0.05, 0.1) is 25.2 Å². The van der Waals surface area contributed by atoms with Gasteiger partial charge in [-0.3, -0.25) is 19.2 Å². The van der Waals surface area contributed by atoms with E-state index in [0.717, 1.165) is 0 Å². The fourth-order valence-corrected chi connectivity index (χ4v) is 2.95. The summed E-state index contributed by atoms with van der Waals surface area (Å²) in [5.74, 6) is -4.01. The van der Waals surface area contributed by atoms with Crippen LogP contribution in [0, 0.1) is 0 Å². The van der Waals surface area contributed by atoms with Crippen molar-refractivity contribution in [3.63, 3.8) is 0 Å². The topological polar surface area (TPSA) is 209 Å².